The van der Waals surface area contributed by atoms with Crippen molar-refractivity contribution in [2.24, 2.45) is 0 Å². The molecule has 0 bridgehead atoms. The van der Waals surface area contributed by atoms with Gasteiger partial charge >= 0.3 is 0 Å². The zero-order valence-electron chi connectivity index (χ0n) is 9.18. The number of terminal acetylenes is 1. The van der Waals surface area contributed by atoms with Crippen LogP contribution in [0.2, 0.25) is 0 Å². The van der Waals surface area contributed by atoms with Gasteiger partial charge in [-0.25, -0.2) is 0 Å². The van der Waals surface area contributed by atoms with Crippen molar-refractivity contribution in [2.45, 2.75) is 26.2 Å². The monoisotopic (exact) mass is 196 g/mol. The summed E-state index contributed by atoms with van der Waals surface area (Å²) in [5.41, 5.74) is 0. The fourth-order valence-corrected chi connectivity index (χ4v) is 1.25. The summed E-state index contributed by atoms with van der Waals surface area (Å²) >= 11 is 0. The number of rotatable bonds is 7. The van der Waals surface area contributed by atoms with Gasteiger partial charge in [-0.15, -0.1) is 6.42 Å². The molecule has 0 spiro atoms. The summed E-state index contributed by atoms with van der Waals surface area (Å²) < 4.78 is 0. The van der Waals surface area contributed by atoms with Crippen LogP contribution in [0.3, 0.4) is 0 Å². The first kappa shape index (κ1) is 13.0. The SMILES string of the molecule is C#CCN(CCC)C(=O)CCCNC. The average molecular weight is 196 g/mol. The third-order valence-electron chi connectivity index (χ3n) is 1.95. The molecule has 0 radical (unpaired) electrons. The third-order valence-corrected chi connectivity index (χ3v) is 1.95. The van der Waals surface area contributed by atoms with Crippen LogP contribution in [-0.4, -0.2) is 37.5 Å². The molecule has 0 aromatic rings. The van der Waals surface area contributed by atoms with Crippen molar-refractivity contribution in [3.8, 4) is 12.3 Å². The summed E-state index contributed by atoms with van der Waals surface area (Å²) in [5.74, 6) is 2.68. The molecule has 3 heteroatoms. The van der Waals surface area contributed by atoms with Gasteiger partial charge in [-0.2, -0.15) is 0 Å². The lowest BCUT2D eigenvalue weighted by Gasteiger charge is -2.19. The first-order valence-electron chi connectivity index (χ1n) is 5.12. The standard InChI is InChI=1S/C11H20N2O/c1-4-9-13(10-5-2)11(14)7-6-8-12-3/h1,12H,5-10H2,2-3H3. The van der Waals surface area contributed by atoms with E-state index in [2.05, 4.69) is 11.2 Å². The average Bonchev–Trinajstić information content (AvgIpc) is 2.18. The molecular formula is C11H20N2O. The summed E-state index contributed by atoms with van der Waals surface area (Å²) in [7, 11) is 1.88. The summed E-state index contributed by atoms with van der Waals surface area (Å²) in [6, 6.07) is 0. The molecule has 0 unspecified atom stereocenters. The van der Waals surface area contributed by atoms with Gasteiger partial charge < -0.3 is 10.2 Å². The predicted octanol–water partition coefficient (Wildman–Crippen LogP) is 0.858. The molecule has 0 aromatic carbocycles. The van der Waals surface area contributed by atoms with Crippen molar-refractivity contribution in [3.05, 3.63) is 0 Å². The molecule has 0 rings (SSSR count). The minimum Gasteiger partial charge on any atom is -0.332 e. The zero-order valence-corrected chi connectivity index (χ0v) is 9.18. The molecule has 80 valence electrons. The number of nitrogens with zero attached hydrogens (tertiary/aromatic N) is 1. The van der Waals surface area contributed by atoms with Gasteiger partial charge in [0.15, 0.2) is 0 Å². The van der Waals surface area contributed by atoms with E-state index in [9.17, 15) is 4.79 Å². The number of amides is 1. The minimum absolute atomic E-state index is 0.167. The van der Waals surface area contributed by atoms with Crippen molar-refractivity contribution in [2.75, 3.05) is 26.7 Å². The molecule has 1 N–H and O–H groups in total. The molecule has 0 aromatic heterocycles. The maximum Gasteiger partial charge on any atom is 0.223 e. The summed E-state index contributed by atoms with van der Waals surface area (Å²) in [5, 5.41) is 3.01. The van der Waals surface area contributed by atoms with Crippen molar-refractivity contribution >= 4 is 5.91 Å². The van der Waals surface area contributed by atoms with Crippen LogP contribution in [0.25, 0.3) is 0 Å². The van der Waals surface area contributed by atoms with E-state index in [4.69, 9.17) is 6.42 Å². The lowest BCUT2D eigenvalue weighted by molar-refractivity contribution is -0.130. The van der Waals surface area contributed by atoms with Gasteiger partial charge in [0.25, 0.3) is 0 Å². The van der Waals surface area contributed by atoms with Crippen molar-refractivity contribution in [1.82, 2.24) is 10.2 Å². The van der Waals surface area contributed by atoms with Gasteiger partial charge in [-0.05, 0) is 26.4 Å². The zero-order chi connectivity index (χ0) is 10.8. The summed E-state index contributed by atoms with van der Waals surface area (Å²) in [6.07, 6.45) is 7.61. The van der Waals surface area contributed by atoms with Crippen LogP contribution < -0.4 is 5.32 Å². The van der Waals surface area contributed by atoms with Gasteiger partial charge in [-0.3, -0.25) is 4.79 Å². The molecule has 0 atom stereocenters. The largest absolute Gasteiger partial charge is 0.332 e. The second-order valence-electron chi connectivity index (χ2n) is 3.23. The van der Waals surface area contributed by atoms with E-state index in [-0.39, 0.29) is 5.91 Å². The lowest BCUT2D eigenvalue weighted by Crippen LogP contribution is -2.32. The van der Waals surface area contributed by atoms with Crippen LogP contribution in [0, 0.1) is 12.3 Å². The molecule has 3 nitrogen and oxygen atoms in total. The second kappa shape index (κ2) is 8.58. The Morgan fingerprint density at radius 2 is 2.29 bits per heavy atom. The van der Waals surface area contributed by atoms with Crippen LogP contribution in [-0.2, 0) is 4.79 Å². The highest BCUT2D eigenvalue weighted by molar-refractivity contribution is 5.76. The maximum absolute atomic E-state index is 11.6. The van der Waals surface area contributed by atoms with E-state index in [1.54, 1.807) is 4.90 Å². The number of hydrogen-bond acceptors (Lipinski definition) is 2. The number of carbonyl (C=O) groups is 1. The number of nitrogens with one attached hydrogen (secondary N) is 1. The van der Waals surface area contributed by atoms with Crippen LogP contribution in [0.1, 0.15) is 26.2 Å². The van der Waals surface area contributed by atoms with Gasteiger partial charge in [-0.1, -0.05) is 12.8 Å². The Labute approximate surface area is 86.9 Å². The third kappa shape index (κ3) is 5.60. The first-order chi connectivity index (χ1) is 6.76. The van der Waals surface area contributed by atoms with E-state index < -0.39 is 0 Å². The minimum atomic E-state index is 0.167. The number of carbonyl (C=O) groups excluding carboxylic acids is 1. The van der Waals surface area contributed by atoms with E-state index >= 15 is 0 Å². The molecule has 0 aliphatic rings. The van der Waals surface area contributed by atoms with Gasteiger partial charge in [0.05, 0.1) is 6.54 Å². The quantitative estimate of drug-likeness (QED) is 0.484. The number of hydrogen-bond donors (Lipinski definition) is 1. The van der Waals surface area contributed by atoms with Crippen LogP contribution in [0.5, 0.6) is 0 Å². The molecule has 0 heterocycles. The Hall–Kier alpha value is -1.01. The van der Waals surface area contributed by atoms with E-state index in [0.717, 1.165) is 25.9 Å². The molecule has 0 saturated heterocycles. The van der Waals surface area contributed by atoms with E-state index in [1.165, 1.54) is 0 Å². The van der Waals surface area contributed by atoms with Crippen LogP contribution in [0.15, 0.2) is 0 Å². The second-order valence-corrected chi connectivity index (χ2v) is 3.23. The Morgan fingerprint density at radius 1 is 1.57 bits per heavy atom. The normalized spacial score (nSPS) is 9.50. The van der Waals surface area contributed by atoms with Gasteiger partial charge in [0.2, 0.25) is 5.91 Å². The molecular weight excluding hydrogens is 176 g/mol. The molecule has 0 saturated carbocycles. The molecule has 0 aliphatic heterocycles. The van der Waals surface area contributed by atoms with Crippen LogP contribution in [0.4, 0.5) is 0 Å². The Bertz CT molecular complexity index is 196. The maximum atomic E-state index is 11.6. The van der Waals surface area contributed by atoms with Crippen molar-refractivity contribution < 1.29 is 4.79 Å². The highest BCUT2D eigenvalue weighted by atomic mass is 16.2. The Kier molecular flexibility index (Phi) is 7.96. The Morgan fingerprint density at radius 3 is 2.79 bits per heavy atom. The van der Waals surface area contributed by atoms with E-state index in [1.807, 2.05) is 14.0 Å². The van der Waals surface area contributed by atoms with E-state index in [0.29, 0.717) is 13.0 Å². The van der Waals surface area contributed by atoms with Crippen molar-refractivity contribution in [1.29, 1.82) is 0 Å². The highest BCUT2D eigenvalue weighted by Crippen LogP contribution is 1.98. The lowest BCUT2D eigenvalue weighted by atomic mass is 10.2. The summed E-state index contributed by atoms with van der Waals surface area (Å²) in [4.78, 5) is 13.3. The predicted molar refractivity (Wildman–Crippen MR) is 58.9 cm³/mol. The topological polar surface area (TPSA) is 32.3 Å². The van der Waals surface area contributed by atoms with Crippen LogP contribution >= 0.6 is 0 Å². The Balaban J connectivity index is 3.83. The van der Waals surface area contributed by atoms with Gasteiger partial charge in [0.1, 0.15) is 0 Å². The summed E-state index contributed by atoms with van der Waals surface area (Å²) in [6.45, 7) is 4.13. The molecule has 0 fully saturated rings. The highest BCUT2D eigenvalue weighted by Gasteiger charge is 2.09. The van der Waals surface area contributed by atoms with Gasteiger partial charge in [0, 0.05) is 13.0 Å². The fraction of sp³-hybridized carbons (Fsp3) is 0.727. The first-order valence-corrected chi connectivity index (χ1v) is 5.12. The molecule has 14 heavy (non-hydrogen) atoms. The fourth-order valence-electron chi connectivity index (χ4n) is 1.25. The molecule has 0 aliphatic carbocycles. The molecule has 1 amide bonds. The smallest absolute Gasteiger partial charge is 0.223 e. The van der Waals surface area contributed by atoms with Crippen molar-refractivity contribution in [3.63, 3.8) is 0 Å².